The summed E-state index contributed by atoms with van der Waals surface area (Å²) >= 11 is 0. The standard InChI is InChI=1S/C13H17F2NO3/c1-5-8-12(16-10(4)17,11(18)19-7-3)13(14,15)9-6-2/h1,6H,2,7-9H2,3-4H3,(H,16,17). The van der Waals surface area contributed by atoms with E-state index in [0.717, 1.165) is 13.0 Å². The van der Waals surface area contributed by atoms with Crippen molar-refractivity contribution in [3.05, 3.63) is 12.7 Å². The normalized spacial score (nSPS) is 13.8. The van der Waals surface area contributed by atoms with E-state index in [1.54, 1.807) is 0 Å². The molecule has 0 aromatic rings. The number of alkyl halides is 2. The van der Waals surface area contributed by atoms with Gasteiger partial charge >= 0.3 is 5.97 Å². The van der Waals surface area contributed by atoms with Gasteiger partial charge in [-0.2, -0.15) is 0 Å². The van der Waals surface area contributed by atoms with Gasteiger partial charge in [0.25, 0.3) is 5.92 Å². The van der Waals surface area contributed by atoms with E-state index >= 15 is 0 Å². The molecule has 0 rings (SSSR count). The van der Waals surface area contributed by atoms with E-state index in [1.807, 2.05) is 11.2 Å². The second-order valence-electron chi connectivity index (χ2n) is 3.89. The molecular weight excluding hydrogens is 256 g/mol. The Morgan fingerprint density at radius 3 is 2.47 bits per heavy atom. The zero-order valence-electron chi connectivity index (χ0n) is 11.0. The highest BCUT2D eigenvalue weighted by Crippen LogP contribution is 2.36. The van der Waals surface area contributed by atoms with Gasteiger partial charge in [0.15, 0.2) is 0 Å². The van der Waals surface area contributed by atoms with Crippen molar-refractivity contribution in [3.63, 3.8) is 0 Å². The Hall–Kier alpha value is -1.90. The van der Waals surface area contributed by atoms with Crippen LogP contribution >= 0.6 is 0 Å². The maximum Gasteiger partial charge on any atom is 0.339 e. The monoisotopic (exact) mass is 273 g/mol. The van der Waals surface area contributed by atoms with Crippen molar-refractivity contribution in [1.82, 2.24) is 5.32 Å². The zero-order chi connectivity index (χ0) is 15.1. The van der Waals surface area contributed by atoms with Crippen LogP contribution in [0.3, 0.4) is 0 Å². The van der Waals surface area contributed by atoms with E-state index in [2.05, 4.69) is 11.3 Å². The van der Waals surface area contributed by atoms with E-state index in [4.69, 9.17) is 6.42 Å². The Morgan fingerprint density at radius 2 is 2.11 bits per heavy atom. The van der Waals surface area contributed by atoms with E-state index < -0.39 is 36.2 Å². The Labute approximate surface area is 111 Å². The summed E-state index contributed by atoms with van der Waals surface area (Å²) in [6.45, 7) is 5.60. The first-order chi connectivity index (χ1) is 8.77. The van der Waals surface area contributed by atoms with Crippen LogP contribution in [0.1, 0.15) is 26.7 Å². The number of ether oxygens (including phenoxy) is 1. The summed E-state index contributed by atoms with van der Waals surface area (Å²) in [4.78, 5) is 23.0. The molecule has 4 nitrogen and oxygen atoms in total. The van der Waals surface area contributed by atoms with Crippen LogP contribution < -0.4 is 5.32 Å². The number of nitrogens with one attached hydrogen (secondary N) is 1. The van der Waals surface area contributed by atoms with E-state index in [9.17, 15) is 18.4 Å². The SMILES string of the molecule is C#CCC(NC(C)=O)(C(=O)OCC)C(F)(F)CC=C. The van der Waals surface area contributed by atoms with Crippen LogP contribution in [0.15, 0.2) is 12.7 Å². The van der Waals surface area contributed by atoms with Crippen molar-refractivity contribution in [1.29, 1.82) is 0 Å². The van der Waals surface area contributed by atoms with Gasteiger partial charge in [0.1, 0.15) is 0 Å². The fourth-order valence-electron chi connectivity index (χ4n) is 1.60. The van der Waals surface area contributed by atoms with Crippen LogP contribution in [-0.4, -0.2) is 29.9 Å². The number of hydrogen-bond acceptors (Lipinski definition) is 3. The van der Waals surface area contributed by atoms with E-state index in [0.29, 0.717) is 0 Å². The van der Waals surface area contributed by atoms with E-state index in [1.165, 1.54) is 6.92 Å². The number of allylic oxidation sites excluding steroid dienone is 1. The predicted octanol–water partition coefficient (Wildman–Crippen LogP) is 1.66. The molecule has 1 N–H and O–H groups in total. The molecule has 6 heteroatoms. The summed E-state index contributed by atoms with van der Waals surface area (Å²) in [6, 6.07) is 0. The molecule has 19 heavy (non-hydrogen) atoms. The summed E-state index contributed by atoms with van der Waals surface area (Å²) < 4.78 is 33.0. The molecule has 0 radical (unpaired) electrons. The Balaban J connectivity index is 5.75. The quantitative estimate of drug-likeness (QED) is 0.436. The third-order valence-electron chi connectivity index (χ3n) is 2.41. The molecule has 0 aliphatic carbocycles. The Kier molecular flexibility index (Phi) is 6.19. The molecule has 0 spiro atoms. The fourth-order valence-corrected chi connectivity index (χ4v) is 1.60. The van der Waals surface area contributed by atoms with Crippen molar-refractivity contribution < 1.29 is 23.1 Å². The highest BCUT2D eigenvalue weighted by atomic mass is 19.3. The van der Waals surface area contributed by atoms with Gasteiger partial charge in [-0.05, 0) is 6.92 Å². The molecule has 0 aliphatic rings. The number of halogens is 2. The second kappa shape index (κ2) is 6.88. The Bertz CT molecular complexity index is 401. The molecule has 0 aromatic carbocycles. The van der Waals surface area contributed by atoms with Crippen LogP contribution in [-0.2, 0) is 14.3 Å². The van der Waals surface area contributed by atoms with Crippen molar-refractivity contribution >= 4 is 11.9 Å². The summed E-state index contributed by atoms with van der Waals surface area (Å²) in [5.74, 6) is -3.66. The molecule has 0 aromatic heterocycles. The first kappa shape index (κ1) is 17.1. The third-order valence-corrected chi connectivity index (χ3v) is 2.41. The lowest BCUT2D eigenvalue weighted by atomic mass is 9.85. The molecule has 106 valence electrons. The summed E-state index contributed by atoms with van der Waals surface area (Å²) in [5, 5.41) is 1.95. The lowest BCUT2D eigenvalue weighted by molar-refractivity contribution is -0.173. The number of amides is 1. The minimum Gasteiger partial charge on any atom is -0.464 e. The molecule has 0 fully saturated rings. The first-order valence-corrected chi connectivity index (χ1v) is 5.65. The van der Waals surface area contributed by atoms with Crippen LogP contribution in [0.5, 0.6) is 0 Å². The van der Waals surface area contributed by atoms with Crippen LogP contribution in [0.4, 0.5) is 8.78 Å². The smallest absolute Gasteiger partial charge is 0.339 e. The number of carbonyl (C=O) groups is 2. The summed E-state index contributed by atoms with van der Waals surface area (Å²) in [6.07, 6.45) is 4.51. The number of rotatable bonds is 7. The third kappa shape index (κ3) is 3.78. The Morgan fingerprint density at radius 1 is 1.53 bits per heavy atom. The minimum atomic E-state index is -3.60. The number of esters is 1. The zero-order valence-corrected chi connectivity index (χ0v) is 11.0. The second-order valence-corrected chi connectivity index (χ2v) is 3.89. The number of hydrogen-bond donors (Lipinski definition) is 1. The van der Waals surface area contributed by atoms with Gasteiger partial charge in [-0.25, -0.2) is 13.6 Å². The van der Waals surface area contributed by atoms with Crippen LogP contribution in [0, 0.1) is 12.3 Å². The highest BCUT2D eigenvalue weighted by Gasteiger charge is 2.59. The lowest BCUT2D eigenvalue weighted by Gasteiger charge is -2.36. The van der Waals surface area contributed by atoms with Gasteiger partial charge in [-0.1, -0.05) is 6.08 Å². The lowest BCUT2D eigenvalue weighted by Crippen LogP contribution is -2.65. The molecule has 0 aliphatic heterocycles. The van der Waals surface area contributed by atoms with Gasteiger partial charge in [0.05, 0.1) is 6.61 Å². The molecule has 1 unspecified atom stereocenters. The average molecular weight is 273 g/mol. The molecule has 0 bridgehead atoms. The minimum absolute atomic E-state index is 0.102. The molecule has 0 saturated heterocycles. The predicted molar refractivity (Wildman–Crippen MR) is 66.4 cm³/mol. The van der Waals surface area contributed by atoms with Crippen molar-refractivity contribution in [3.8, 4) is 12.3 Å². The van der Waals surface area contributed by atoms with Gasteiger partial charge in [0, 0.05) is 19.8 Å². The molecule has 0 saturated carbocycles. The first-order valence-electron chi connectivity index (χ1n) is 5.65. The highest BCUT2D eigenvalue weighted by molar-refractivity contribution is 5.88. The van der Waals surface area contributed by atoms with Gasteiger partial charge in [-0.15, -0.1) is 18.9 Å². The maximum atomic E-state index is 14.2. The topological polar surface area (TPSA) is 55.4 Å². The van der Waals surface area contributed by atoms with Crippen molar-refractivity contribution in [2.24, 2.45) is 0 Å². The van der Waals surface area contributed by atoms with E-state index in [-0.39, 0.29) is 6.61 Å². The summed E-state index contributed by atoms with van der Waals surface area (Å²) in [7, 11) is 0. The van der Waals surface area contributed by atoms with Crippen molar-refractivity contribution in [2.45, 2.75) is 38.2 Å². The van der Waals surface area contributed by atoms with Crippen LogP contribution in [0.25, 0.3) is 0 Å². The molecule has 1 atom stereocenters. The van der Waals surface area contributed by atoms with Crippen LogP contribution in [0.2, 0.25) is 0 Å². The molecular formula is C13H17F2NO3. The van der Waals surface area contributed by atoms with Gasteiger partial charge in [-0.3, -0.25) is 4.79 Å². The largest absolute Gasteiger partial charge is 0.464 e. The van der Waals surface area contributed by atoms with Gasteiger partial charge in [0.2, 0.25) is 11.4 Å². The maximum absolute atomic E-state index is 14.2. The number of terminal acetylenes is 1. The van der Waals surface area contributed by atoms with Crippen molar-refractivity contribution in [2.75, 3.05) is 6.61 Å². The fraction of sp³-hybridized carbons (Fsp3) is 0.538. The van der Waals surface area contributed by atoms with Gasteiger partial charge < -0.3 is 10.1 Å². The molecule has 1 amide bonds. The number of carbonyl (C=O) groups excluding carboxylic acids is 2. The molecule has 0 heterocycles. The summed E-state index contributed by atoms with van der Waals surface area (Å²) in [5.41, 5.74) is -2.57. The average Bonchev–Trinajstić information content (AvgIpc) is 2.27.